The first-order valence-corrected chi connectivity index (χ1v) is 6.25. The van der Waals surface area contributed by atoms with Crippen molar-refractivity contribution >= 4 is 11.8 Å². The molecule has 0 aromatic rings. The number of ketones is 1. The Bertz CT molecular complexity index is 260. The van der Waals surface area contributed by atoms with Crippen molar-refractivity contribution < 1.29 is 14.3 Å². The predicted molar refractivity (Wildman–Crippen MR) is 62.0 cm³/mol. The summed E-state index contributed by atoms with van der Waals surface area (Å²) in [4.78, 5) is 24.3. The molecule has 0 aromatic heterocycles. The van der Waals surface area contributed by atoms with Gasteiger partial charge in [0, 0.05) is 5.92 Å². The summed E-state index contributed by atoms with van der Waals surface area (Å²) >= 11 is 0. The Hall–Kier alpha value is -0.860. The van der Waals surface area contributed by atoms with Crippen molar-refractivity contribution in [1.82, 2.24) is 0 Å². The van der Waals surface area contributed by atoms with Gasteiger partial charge >= 0.3 is 5.97 Å². The van der Waals surface area contributed by atoms with Gasteiger partial charge in [0.1, 0.15) is 5.41 Å². The van der Waals surface area contributed by atoms with Gasteiger partial charge in [-0.3, -0.25) is 9.59 Å². The molecular formula is C13H22O3. The van der Waals surface area contributed by atoms with Crippen molar-refractivity contribution in [3.05, 3.63) is 0 Å². The summed E-state index contributed by atoms with van der Waals surface area (Å²) in [5.74, 6) is -0.157. The van der Waals surface area contributed by atoms with Crippen molar-refractivity contribution in [3.8, 4) is 0 Å². The molecule has 0 aliphatic heterocycles. The lowest BCUT2D eigenvalue weighted by Crippen LogP contribution is -2.42. The fourth-order valence-electron chi connectivity index (χ4n) is 2.76. The summed E-state index contributed by atoms with van der Waals surface area (Å²) in [6.07, 6.45) is 5.20. The van der Waals surface area contributed by atoms with Crippen molar-refractivity contribution in [1.29, 1.82) is 0 Å². The Labute approximate surface area is 97.5 Å². The molecule has 0 unspecified atom stereocenters. The molecule has 0 spiro atoms. The molecule has 92 valence electrons. The average molecular weight is 226 g/mol. The van der Waals surface area contributed by atoms with Gasteiger partial charge in [0.2, 0.25) is 0 Å². The molecule has 3 nitrogen and oxygen atoms in total. The largest absolute Gasteiger partial charge is 0.468 e. The highest BCUT2D eigenvalue weighted by molar-refractivity contribution is 6.04. The fourth-order valence-corrected chi connectivity index (χ4v) is 2.76. The number of Topliss-reactive ketones (excluding diaryl/α,β-unsaturated/α-hetero) is 1. The highest BCUT2D eigenvalue weighted by Gasteiger charge is 2.46. The molecular weight excluding hydrogens is 204 g/mol. The van der Waals surface area contributed by atoms with Crippen LogP contribution in [0.5, 0.6) is 0 Å². The molecule has 0 atom stereocenters. The first-order valence-electron chi connectivity index (χ1n) is 6.25. The Morgan fingerprint density at radius 3 is 2.06 bits per heavy atom. The zero-order chi connectivity index (χ0) is 12.2. The summed E-state index contributed by atoms with van der Waals surface area (Å²) in [5, 5.41) is 0. The molecule has 0 amide bonds. The summed E-state index contributed by atoms with van der Waals surface area (Å²) < 4.78 is 4.82. The second-order valence-electron chi connectivity index (χ2n) is 4.63. The predicted octanol–water partition coefficient (Wildman–Crippen LogP) is 2.73. The molecule has 0 aromatic carbocycles. The van der Waals surface area contributed by atoms with E-state index in [1.165, 1.54) is 7.11 Å². The molecule has 0 bridgehead atoms. The summed E-state index contributed by atoms with van der Waals surface area (Å²) in [7, 11) is 1.37. The first-order chi connectivity index (χ1) is 7.62. The normalized spacial score (nSPS) is 17.4. The maximum absolute atomic E-state index is 12.4. The van der Waals surface area contributed by atoms with Crippen LogP contribution in [-0.4, -0.2) is 18.9 Å². The maximum atomic E-state index is 12.4. The van der Waals surface area contributed by atoms with Gasteiger partial charge in [-0.25, -0.2) is 0 Å². The number of ether oxygens (including phenoxy) is 1. The molecule has 16 heavy (non-hydrogen) atoms. The SMILES string of the molecule is CCC(CC)(C(=O)OC)C(=O)C1CCCC1. The van der Waals surface area contributed by atoms with Gasteiger partial charge < -0.3 is 4.74 Å². The third-order valence-electron chi connectivity index (χ3n) is 3.98. The average Bonchev–Trinajstić information content (AvgIpc) is 2.84. The number of esters is 1. The number of rotatable bonds is 5. The van der Waals surface area contributed by atoms with Crippen LogP contribution in [-0.2, 0) is 14.3 Å². The van der Waals surface area contributed by atoms with Crippen LogP contribution in [0.4, 0.5) is 0 Å². The summed E-state index contributed by atoms with van der Waals surface area (Å²) in [6.45, 7) is 3.79. The number of methoxy groups -OCH3 is 1. The van der Waals surface area contributed by atoms with Crippen molar-refractivity contribution in [2.75, 3.05) is 7.11 Å². The van der Waals surface area contributed by atoms with E-state index in [1.54, 1.807) is 0 Å². The Morgan fingerprint density at radius 1 is 1.19 bits per heavy atom. The molecule has 3 heteroatoms. The van der Waals surface area contributed by atoms with E-state index in [-0.39, 0.29) is 17.7 Å². The van der Waals surface area contributed by atoms with E-state index in [0.717, 1.165) is 25.7 Å². The fraction of sp³-hybridized carbons (Fsp3) is 0.846. The quantitative estimate of drug-likeness (QED) is 0.534. The minimum absolute atomic E-state index is 0.0824. The Morgan fingerprint density at radius 2 is 1.69 bits per heavy atom. The molecule has 1 rings (SSSR count). The number of carbonyl (C=O) groups is 2. The van der Waals surface area contributed by atoms with E-state index in [1.807, 2.05) is 13.8 Å². The van der Waals surface area contributed by atoms with Gasteiger partial charge in [0.05, 0.1) is 7.11 Å². The minimum Gasteiger partial charge on any atom is -0.468 e. The van der Waals surface area contributed by atoms with Crippen LogP contribution in [0.25, 0.3) is 0 Å². The highest BCUT2D eigenvalue weighted by atomic mass is 16.5. The smallest absolute Gasteiger partial charge is 0.319 e. The lowest BCUT2D eigenvalue weighted by Gasteiger charge is -2.29. The molecule has 1 fully saturated rings. The van der Waals surface area contributed by atoms with E-state index >= 15 is 0 Å². The minimum atomic E-state index is -0.885. The van der Waals surface area contributed by atoms with E-state index < -0.39 is 5.41 Å². The van der Waals surface area contributed by atoms with E-state index in [2.05, 4.69) is 0 Å². The van der Waals surface area contributed by atoms with Crippen LogP contribution in [0.1, 0.15) is 52.4 Å². The third kappa shape index (κ3) is 2.13. The topological polar surface area (TPSA) is 43.4 Å². The second-order valence-corrected chi connectivity index (χ2v) is 4.63. The zero-order valence-electron chi connectivity index (χ0n) is 10.5. The van der Waals surface area contributed by atoms with Gasteiger partial charge in [-0.05, 0) is 25.7 Å². The third-order valence-corrected chi connectivity index (χ3v) is 3.98. The lowest BCUT2D eigenvalue weighted by atomic mass is 9.73. The zero-order valence-corrected chi connectivity index (χ0v) is 10.5. The van der Waals surface area contributed by atoms with Crippen LogP contribution in [0, 0.1) is 11.3 Å². The van der Waals surface area contributed by atoms with Gasteiger partial charge in [-0.1, -0.05) is 26.7 Å². The number of hydrogen-bond acceptors (Lipinski definition) is 3. The highest BCUT2D eigenvalue weighted by Crippen LogP contribution is 2.37. The van der Waals surface area contributed by atoms with Gasteiger partial charge in [0.25, 0.3) is 0 Å². The van der Waals surface area contributed by atoms with Crippen molar-refractivity contribution in [2.45, 2.75) is 52.4 Å². The molecule has 1 aliphatic rings. The Kier molecular flexibility index (Phi) is 4.51. The first kappa shape index (κ1) is 13.2. The molecule has 0 radical (unpaired) electrons. The lowest BCUT2D eigenvalue weighted by molar-refractivity contribution is -0.160. The van der Waals surface area contributed by atoms with Crippen LogP contribution in [0.15, 0.2) is 0 Å². The molecule has 1 saturated carbocycles. The monoisotopic (exact) mass is 226 g/mol. The van der Waals surface area contributed by atoms with Gasteiger partial charge in [-0.15, -0.1) is 0 Å². The van der Waals surface area contributed by atoms with Crippen molar-refractivity contribution in [2.24, 2.45) is 11.3 Å². The van der Waals surface area contributed by atoms with Crippen molar-refractivity contribution in [3.63, 3.8) is 0 Å². The number of carbonyl (C=O) groups excluding carboxylic acids is 2. The van der Waals surface area contributed by atoms with E-state index in [0.29, 0.717) is 12.8 Å². The number of hydrogen-bond donors (Lipinski definition) is 0. The molecule has 0 saturated heterocycles. The van der Waals surface area contributed by atoms with Gasteiger partial charge in [0.15, 0.2) is 5.78 Å². The standard InChI is InChI=1S/C13H22O3/c1-4-13(5-2,12(15)16-3)11(14)10-8-6-7-9-10/h10H,4-9H2,1-3H3. The van der Waals surface area contributed by atoms with Crippen LogP contribution >= 0.6 is 0 Å². The van der Waals surface area contributed by atoms with E-state index in [4.69, 9.17) is 4.74 Å². The van der Waals surface area contributed by atoms with Gasteiger partial charge in [-0.2, -0.15) is 0 Å². The summed E-state index contributed by atoms with van der Waals surface area (Å²) in [6, 6.07) is 0. The van der Waals surface area contributed by atoms with Crippen LogP contribution < -0.4 is 0 Å². The van der Waals surface area contributed by atoms with Crippen LogP contribution in [0.3, 0.4) is 0 Å². The summed E-state index contributed by atoms with van der Waals surface area (Å²) in [5.41, 5.74) is -0.885. The molecule has 0 N–H and O–H groups in total. The molecule has 1 aliphatic carbocycles. The van der Waals surface area contributed by atoms with E-state index in [9.17, 15) is 9.59 Å². The Balaban J connectivity index is 2.90. The maximum Gasteiger partial charge on any atom is 0.319 e. The second kappa shape index (κ2) is 5.46. The molecule has 0 heterocycles. The van der Waals surface area contributed by atoms with Crippen LogP contribution in [0.2, 0.25) is 0 Å².